The van der Waals surface area contributed by atoms with Gasteiger partial charge in [-0.2, -0.15) is 0 Å². The average molecular weight is 358 g/mol. The first-order valence-electron chi connectivity index (χ1n) is 7.72. The number of imide groups is 1. The first-order valence-corrected chi connectivity index (χ1v) is 9.20. The maximum atomic E-state index is 12.5. The van der Waals surface area contributed by atoms with Crippen LogP contribution in [0.1, 0.15) is 41.5 Å². The summed E-state index contributed by atoms with van der Waals surface area (Å²) in [6.07, 6.45) is 0. The van der Waals surface area contributed by atoms with Crippen molar-refractivity contribution in [2.45, 2.75) is 31.2 Å². The van der Waals surface area contributed by atoms with Crippen molar-refractivity contribution < 1.29 is 18.0 Å². The van der Waals surface area contributed by atoms with Gasteiger partial charge in [0, 0.05) is 5.54 Å². The Morgan fingerprint density at radius 2 is 1.32 bits per heavy atom. The summed E-state index contributed by atoms with van der Waals surface area (Å²) in [5.74, 6) is -0.826. The summed E-state index contributed by atoms with van der Waals surface area (Å²) in [5, 5.41) is 0. The summed E-state index contributed by atoms with van der Waals surface area (Å²) in [6, 6.07) is 12.3. The van der Waals surface area contributed by atoms with Crippen molar-refractivity contribution in [3.63, 3.8) is 0 Å². The largest absolute Gasteiger partial charge is 0.268 e. The van der Waals surface area contributed by atoms with Crippen LogP contribution in [0.4, 0.5) is 5.69 Å². The van der Waals surface area contributed by atoms with E-state index in [-0.39, 0.29) is 4.90 Å². The summed E-state index contributed by atoms with van der Waals surface area (Å²) in [5.41, 5.74) is 0.415. The number of hydrogen-bond donors (Lipinski definition) is 1. The molecule has 1 N–H and O–H groups in total. The molecule has 1 aliphatic rings. The summed E-state index contributed by atoms with van der Waals surface area (Å²) < 4.78 is 27.2. The lowest BCUT2D eigenvalue weighted by Gasteiger charge is -2.20. The average Bonchev–Trinajstić information content (AvgIpc) is 2.77. The number of sulfonamides is 1. The lowest BCUT2D eigenvalue weighted by molar-refractivity contribution is 0.0926. The number of amides is 2. The number of nitrogens with zero attached hydrogens (tertiary/aromatic N) is 1. The molecular formula is C18H18N2O4S. The van der Waals surface area contributed by atoms with Gasteiger partial charge in [0.05, 0.1) is 21.7 Å². The molecular weight excluding hydrogens is 340 g/mol. The van der Waals surface area contributed by atoms with Gasteiger partial charge in [-0.1, -0.05) is 12.1 Å². The van der Waals surface area contributed by atoms with Gasteiger partial charge in [0.25, 0.3) is 11.8 Å². The molecule has 0 aromatic heterocycles. The highest BCUT2D eigenvalue weighted by molar-refractivity contribution is 7.89. The van der Waals surface area contributed by atoms with E-state index in [1.807, 2.05) is 0 Å². The van der Waals surface area contributed by atoms with Crippen LogP contribution in [0.25, 0.3) is 0 Å². The molecule has 2 aromatic carbocycles. The standard InChI is InChI=1S/C18H18N2O4S/c1-18(2,3)19-25(23,24)13-10-8-12(9-11-13)20-16(21)14-6-4-5-7-15(14)17(20)22/h4-11,19H,1-3H3. The molecule has 0 atom stereocenters. The van der Waals surface area contributed by atoms with Crippen molar-refractivity contribution in [1.82, 2.24) is 4.72 Å². The van der Waals surface area contributed by atoms with Gasteiger partial charge in [-0.25, -0.2) is 18.0 Å². The number of nitrogens with one attached hydrogen (secondary N) is 1. The molecule has 0 unspecified atom stereocenters. The van der Waals surface area contributed by atoms with Gasteiger partial charge >= 0.3 is 0 Å². The molecule has 0 bridgehead atoms. The Hall–Kier alpha value is -2.51. The van der Waals surface area contributed by atoms with Crippen molar-refractivity contribution in [3.8, 4) is 0 Å². The van der Waals surface area contributed by atoms with E-state index in [0.29, 0.717) is 16.8 Å². The number of hydrogen-bond acceptors (Lipinski definition) is 4. The summed E-state index contributed by atoms with van der Waals surface area (Å²) in [4.78, 5) is 26.0. The SMILES string of the molecule is CC(C)(C)NS(=O)(=O)c1ccc(N2C(=O)c3ccccc3C2=O)cc1. The van der Waals surface area contributed by atoms with E-state index < -0.39 is 27.4 Å². The summed E-state index contributed by atoms with van der Waals surface area (Å²) >= 11 is 0. The fraction of sp³-hybridized carbons (Fsp3) is 0.222. The Kier molecular flexibility index (Phi) is 4.01. The van der Waals surface area contributed by atoms with Crippen LogP contribution in [0.3, 0.4) is 0 Å². The monoisotopic (exact) mass is 358 g/mol. The zero-order valence-electron chi connectivity index (χ0n) is 14.1. The van der Waals surface area contributed by atoms with Crippen molar-refractivity contribution in [1.29, 1.82) is 0 Å². The highest BCUT2D eigenvalue weighted by atomic mass is 32.2. The zero-order chi connectivity index (χ0) is 18.4. The van der Waals surface area contributed by atoms with Crippen molar-refractivity contribution in [3.05, 3.63) is 59.7 Å². The molecule has 0 radical (unpaired) electrons. The molecule has 0 spiro atoms. The topological polar surface area (TPSA) is 83.6 Å². The zero-order valence-corrected chi connectivity index (χ0v) is 14.9. The Morgan fingerprint density at radius 1 is 0.840 bits per heavy atom. The van der Waals surface area contributed by atoms with Crippen molar-refractivity contribution >= 4 is 27.5 Å². The number of anilines is 1. The van der Waals surface area contributed by atoms with E-state index in [2.05, 4.69) is 4.72 Å². The Bertz CT molecular complexity index is 922. The quantitative estimate of drug-likeness (QED) is 0.855. The number of carbonyl (C=O) groups excluding carboxylic acids is 2. The van der Waals surface area contributed by atoms with E-state index in [1.54, 1.807) is 45.0 Å². The minimum atomic E-state index is -3.68. The van der Waals surface area contributed by atoms with Gasteiger partial charge in [-0.05, 0) is 57.2 Å². The first kappa shape index (κ1) is 17.3. The number of fused-ring (bicyclic) bond motifs is 1. The highest BCUT2D eigenvalue weighted by Crippen LogP contribution is 2.29. The Labute approximate surface area is 146 Å². The summed E-state index contributed by atoms with van der Waals surface area (Å²) in [6.45, 7) is 5.24. The normalized spacial score (nSPS) is 14.8. The Balaban J connectivity index is 1.92. The van der Waals surface area contributed by atoms with E-state index >= 15 is 0 Å². The van der Waals surface area contributed by atoms with E-state index in [9.17, 15) is 18.0 Å². The van der Waals surface area contributed by atoms with Crippen LogP contribution < -0.4 is 9.62 Å². The molecule has 0 saturated carbocycles. The van der Waals surface area contributed by atoms with Gasteiger partial charge in [0.15, 0.2) is 0 Å². The van der Waals surface area contributed by atoms with Gasteiger partial charge in [0.1, 0.15) is 0 Å². The molecule has 0 saturated heterocycles. The van der Waals surface area contributed by atoms with Crippen molar-refractivity contribution in [2.24, 2.45) is 0 Å². The Morgan fingerprint density at radius 3 is 1.76 bits per heavy atom. The van der Waals surface area contributed by atoms with E-state index in [1.165, 1.54) is 24.3 Å². The molecule has 2 aromatic rings. The first-order chi connectivity index (χ1) is 11.6. The predicted octanol–water partition coefficient (Wildman–Crippen LogP) is 2.56. The van der Waals surface area contributed by atoms with Crippen molar-refractivity contribution in [2.75, 3.05) is 4.90 Å². The fourth-order valence-corrected chi connectivity index (χ4v) is 4.08. The van der Waals surface area contributed by atoms with E-state index in [4.69, 9.17) is 0 Å². The molecule has 0 aliphatic carbocycles. The second-order valence-corrected chi connectivity index (χ2v) is 8.52. The third kappa shape index (κ3) is 3.20. The maximum Gasteiger partial charge on any atom is 0.266 e. The molecule has 7 heteroatoms. The van der Waals surface area contributed by atoms with Gasteiger partial charge in [-0.3, -0.25) is 9.59 Å². The molecule has 0 fully saturated rings. The molecule has 1 heterocycles. The van der Waals surface area contributed by atoms with Gasteiger partial charge in [0.2, 0.25) is 10.0 Å². The number of carbonyl (C=O) groups is 2. The smallest absolute Gasteiger partial charge is 0.266 e. The second-order valence-electron chi connectivity index (χ2n) is 6.84. The third-order valence-electron chi connectivity index (χ3n) is 3.64. The number of benzene rings is 2. The van der Waals surface area contributed by atoms with Gasteiger partial charge in [-0.15, -0.1) is 0 Å². The minimum absolute atomic E-state index is 0.0720. The van der Waals surface area contributed by atoms with Crippen LogP contribution in [0.5, 0.6) is 0 Å². The molecule has 25 heavy (non-hydrogen) atoms. The van der Waals surface area contributed by atoms with Gasteiger partial charge < -0.3 is 0 Å². The van der Waals surface area contributed by atoms with Crippen LogP contribution in [-0.2, 0) is 10.0 Å². The van der Waals surface area contributed by atoms with Crippen LogP contribution in [0.2, 0.25) is 0 Å². The van der Waals surface area contributed by atoms with Crippen LogP contribution in [0, 0.1) is 0 Å². The predicted molar refractivity (Wildman–Crippen MR) is 94.1 cm³/mol. The minimum Gasteiger partial charge on any atom is -0.268 e. The molecule has 130 valence electrons. The maximum absolute atomic E-state index is 12.5. The van der Waals surface area contributed by atoms with Crippen LogP contribution in [0.15, 0.2) is 53.4 Å². The molecule has 1 aliphatic heterocycles. The highest BCUT2D eigenvalue weighted by Gasteiger charge is 2.36. The second kappa shape index (κ2) is 5.79. The molecule has 6 nitrogen and oxygen atoms in total. The lowest BCUT2D eigenvalue weighted by atomic mass is 10.1. The number of rotatable bonds is 3. The van der Waals surface area contributed by atoms with Crippen LogP contribution in [-0.4, -0.2) is 25.8 Å². The van der Waals surface area contributed by atoms with Crippen LogP contribution >= 0.6 is 0 Å². The lowest BCUT2D eigenvalue weighted by Crippen LogP contribution is -2.40. The third-order valence-corrected chi connectivity index (χ3v) is 5.41. The molecule has 3 rings (SSSR count). The fourth-order valence-electron chi connectivity index (χ4n) is 2.66. The summed E-state index contributed by atoms with van der Waals surface area (Å²) in [7, 11) is -3.68. The molecule has 2 amide bonds. The van der Waals surface area contributed by atoms with E-state index in [0.717, 1.165) is 4.90 Å².